The maximum Gasteiger partial charge on any atom is 0.244 e. The Bertz CT molecular complexity index is 431. The Morgan fingerprint density at radius 1 is 1.33 bits per heavy atom. The molecule has 1 amide bonds. The van der Waals surface area contributed by atoms with E-state index in [1.54, 1.807) is 11.9 Å². The predicted molar refractivity (Wildman–Crippen MR) is 73.2 cm³/mol. The summed E-state index contributed by atoms with van der Waals surface area (Å²) in [5.41, 5.74) is 2.11. The van der Waals surface area contributed by atoms with Gasteiger partial charge in [-0.25, -0.2) is 0 Å². The van der Waals surface area contributed by atoms with Crippen LogP contribution in [0.5, 0.6) is 0 Å². The molecule has 0 aliphatic carbocycles. The van der Waals surface area contributed by atoms with Crippen LogP contribution in [0.3, 0.4) is 0 Å². The summed E-state index contributed by atoms with van der Waals surface area (Å²) in [6.07, 6.45) is 2.71. The van der Waals surface area contributed by atoms with Gasteiger partial charge in [-0.2, -0.15) is 5.26 Å². The van der Waals surface area contributed by atoms with Crippen molar-refractivity contribution in [2.24, 2.45) is 5.92 Å². The third kappa shape index (κ3) is 3.33. The fraction of sp³-hybridized carbons (Fsp3) is 0.467. The van der Waals surface area contributed by atoms with Gasteiger partial charge in [0.2, 0.25) is 5.91 Å². The van der Waals surface area contributed by atoms with E-state index in [2.05, 4.69) is 6.92 Å². The summed E-state index contributed by atoms with van der Waals surface area (Å²) < 4.78 is 0. The highest BCUT2D eigenvalue weighted by Crippen LogP contribution is 2.17. The third-order valence-corrected chi connectivity index (χ3v) is 3.06. The molecule has 0 bridgehead atoms. The minimum atomic E-state index is -0.551. The van der Waals surface area contributed by atoms with Gasteiger partial charge in [0.25, 0.3) is 0 Å². The van der Waals surface area contributed by atoms with Gasteiger partial charge < -0.3 is 4.90 Å². The molecule has 0 spiro atoms. The molecule has 96 valence electrons. The van der Waals surface area contributed by atoms with Gasteiger partial charge in [0.05, 0.1) is 6.07 Å². The van der Waals surface area contributed by atoms with Gasteiger partial charge in [-0.05, 0) is 30.5 Å². The van der Waals surface area contributed by atoms with E-state index in [1.165, 1.54) is 5.56 Å². The van der Waals surface area contributed by atoms with Crippen molar-refractivity contribution in [3.05, 3.63) is 29.8 Å². The van der Waals surface area contributed by atoms with Crippen LogP contribution in [0.25, 0.3) is 0 Å². The zero-order valence-corrected chi connectivity index (χ0v) is 11.3. The molecule has 3 heteroatoms. The molecule has 0 heterocycles. The number of hydrogen-bond acceptors (Lipinski definition) is 2. The van der Waals surface area contributed by atoms with E-state index in [1.807, 2.05) is 37.3 Å². The lowest BCUT2D eigenvalue weighted by Crippen LogP contribution is -2.31. The van der Waals surface area contributed by atoms with Crippen LogP contribution in [-0.2, 0) is 11.2 Å². The topological polar surface area (TPSA) is 44.1 Å². The van der Waals surface area contributed by atoms with Gasteiger partial charge in [0.15, 0.2) is 0 Å². The second-order valence-electron chi connectivity index (χ2n) is 4.40. The Balaban J connectivity index is 2.81. The summed E-state index contributed by atoms with van der Waals surface area (Å²) in [7, 11) is 1.72. The summed E-state index contributed by atoms with van der Waals surface area (Å²) >= 11 is 0. The standard InChI is InChI=1S/C15H20N2O/c1-4-6-12-7-9-14(10-8-12)17(3)15(18)13(5-2)11-16/h7-10,13H,4-6H2,1-3H3. The number of nitriles is 1. The zero-order chi connectivity index (χ0) is 13.5. The van der Waals surface area contributed by atoms with E-state index in [4.69, 9.17) is 5.26 Å². The normalized spacial score (nSPS) is 11.7. The predicted octanol–water partition coefficient (Wildman–Crippen LogP) is 3.15. The lowest BCUT2D eigenvalue weighted by molar-refractivity contribution is -0.120. The third-order valence-electron chi connectivity index (χ3n) is 3.06. The number of benzene rings is 1. The molecule has 1 rings (SSSR count). The lowest BCUT2D eigenvalue weighted by Gasteiger charge is -2.19. The number of aryl methyl sites for hydroxylation is 1. The highest BCUT2D eigenvalue weighted by molar-refractivity contribution is 5.95. The van der Waals surface area contributed by atoms with Crippen LogP contribution in [0.4, 0.5) is 5.69 Å². The first-order valence-corrected chi connectivity index (χ1v) is 6.40. The Kier molecular flexibility index (Phi) is 5.38. The van der Waals surface area contributed by atoms with E-state index in [0.29, 0.717) is 6.42 Å². The monoisotopic (exact) mass is 244 g/mol. The van der Waals surface area contributed by atoms with Crippen LogP contribution >= 0.6 is 0 Å². The average molecular weight is 244 g/mol. The van der Waals surface area contributed by atoms with Crippen molar-refractivity contribution >= 4 is 11.6 Å². The second kappa shape index (κ2) is 6.80. The number of amides is 1. The fourth-order valence-electron chi connectivity index (χ4n) is 1.86. The van der Waals surface area contributed by atoms with Crippen LogP contribution in [-0.4, -0.2) is 13.0 Å². The molecule has 0 saturated heterocycles. The van der Waals surface area contributed by atoms with Gasteiger partial charge in [-0.1, -0.05) is 32.4 Å². The molecule has 1 unspecified atom stereocenters. The van der Waals surface area contributed by atoms with E-state index < -0.39 is 5.92 Å². The van der Waals surface area contributed by atoms with E-state index in [-0.39, 0.29) is 5.91 Å². The maximum atomic E-state index is 12.0. The van der Waals surface area contributed by atoms with E-state index in [9.17, 15) is 4.79 Å². The summed E-state index contributed by atoms with van der Waals surface area (Å²) in [4.78, 5) is 13.6. The van der Waals surface area contributed by atoms with Crippen molar-refractivity contribution in [2.45, 2.75) is 33.1 Å². The van der Waals surface area contributed by atoms with Crippen LogP contribution in [0.1, 0.15) is 32.3 Å². The van der Waals surface area contributed by atoms with Crippen LogP contribution < -0.4 is 4.90 Å². The van der Waals surface area contributed by atoms with Gasteiger partial charge >= 0.3 is 0 Å². The zero-order valence-electron chi connectivity index (χ0n) is 11.3. The fourth-order valence-corrected chi connectivity index (χ4v) is 1.86. The number of rotatable bonds is 5. The Hall–Kier alpha value is -1.82. The molecule has 1 aromatic rings. The molecule has 0 aliphatic heterocycles. The van der Waals surface area contributed by atoms with Crippen molar-refractivity contribution in [3.8, 4) is 6.07 Å². The second-order valence-corrected chi connectivity index (χ2v) is 4.40. The summed E-state index contributed by atoms with van der Waals surface area (Å²) in [6.45, 7) is 3.99. The first-order chi connectivity index (χ1) is 8.63. The van der Waals surface area contributed by atoms with Crippen molar-refractivity contribution in [1.82, 2.24) is 0 Å². The highest BCUT2D eigenvalue weighted by atomic mass is 16.2. The van der Waals surface area contributed by atoms with Crippen molar-refractivity contribution < 1.29 is 4.79 Å². The van der Waals surface area contributed by atoms with Gasteiger partial charge in [-0.15, -0.1) is 0 Å². The minimum absolute atomic E-state index is 0.136. The average Bonchev–Trinajstić information content (AvgIpc) is 2.40. The quantitative estimate of drug-likeness (QED) is 0.798. The molecule has 0 aromatic heterocycles. The summed E-state index contributed by atoms with van der Waals surface area (Å²) in [6, 6.07) is 9.99. The van der Waals surface area contributed by atoms with Gasteiger partial charge in [0.1, 0.15) is 5.92 Å². The van der Waals surface area contributed by atoms with Gasteiger partial charge in [-0.3, -0.25) is 4.79 Å². The van der Waals surface area contributed by atoms with Gasteiger partial charge in [0, 0.05) is 12.7 Å². The van der Waals surface area contributed by atoms with Crippen molar-refractivity contribution in [2.75, 3.05) is 11.9 Å². The van der Waals surface area contributed by atoms with E-state index >= 15 is 0 Å². The maximum absolute atomic E-state index is 12.0. The molecule has 0 fully saturated rings. The number of carbonyl (C=O) groups excluding carboxylic acids is 1. The van der Waals surface area contributed by atoms with Crippen molar-refractivity contribution in [1.29, 1.82) is 5.26 Å². The van der Waals surface area contributed by atoms with Crippen molar-refractivity contribution in [3.63, 3.8) is 0 Å². The Morgan fingerprint density at radius 2 is 1.94 bits per heavy atom. The molecule has 0 aliphatic rings. The minimum Gasteiger partial charge on any atom is -0.314 e. The highest BCUT2D eigenvalue weighted by Gasteiger charge is 2.20. The number of carbonyl (C=O) groups is 1. The van der Waals surface area contributed by atoms with Crippen LogP contribution in [0.15, 0.2) is 24.3 Å². The molecule has 0 N–H and O–H groups in total. The summed E-state index contributed by atoms with van der Waals surface area (Å²) in [5, 5.41) is 8.91. The molecule has 0 saturated carbocycles. The first kappa shape index (κ1) is 14.2. The molecule has 1 aromatic carbocycles. The molecular formula is C15H20N2O. The van der Waals surface area contributed by atoms with Crippen LogP contribution in [0.2, 0.25) is 0 Å². The number of hydrogen-bond donors (Lipinski definition) is 0. The molecule has 3 nitrogen and oxygen atoms in total. The largest absolute Gasteiger partial charge is 0.314 e. The lowest BCUT2D eigenvalue weighted by atomic mass is 10.1. The SMILES string of the molecule is CCCc1ccc(N(C)C(=O)C(C#N)CC)cc1. The molecule has 0 radical (unpaired) electrons. The van der Waals surface area contributed by atoms with Crippen LogP contribution in [0, 0.1) is 17.2 Å². The van der Waals surface area contributed by atoms with E-state index in [0.717, 1.165) is 18.5 Å². The number of anilines is 1. The summed E-state index contributed by atoms with van der Waals surface area (Å²) in [5.74, 6) is -0.687. The molecule has 18 heavy (non-hydrogen) atoms. The first-order valence-electron chi connectivity index (χ1n) is 6.40. The number of nitrogens with zero attached hydrogens (tertiary/aromatic N) is 2. The Morgan fingerprint density at radius 3 is 2.39 bits per heavy atom. The Labute approximate surface area is 109 Å². The smallest absolute Gasteiger partial charge is 0.244 e. The molecule has 1 atom stereocenters. The molecular weight excluding hydrogens is 224 g/mol.